The second-order valence-electron chi connectivity index (χ2n) is 5.75. The summed E-state index contributed by atoms with van der Waals surface area (Å²) in [5.41, 5.74) is 0.647. The van der Waals surface area contributed by atoms with Gasteiger partial charge in [0.25, 0.3) is 0 Å². The number of rotatable bonds is 9. The molecule has 0 aliphatic rings. The zero-order chi connectivity index (χ0) is 18.1. The predicted octanol–water partition coefficient (Wildman–Crippen LogP) is 2.16. The molecular formula is C17H26ClN3O3. The van der Waals surface area contributed by atoms with E-state index in [4.69, 9.17) is 16.3 Å². The molecule has 0 atom stereocenters. The molecule has 0 heterocycles. The number of halogens is 1. The summed E-state index contributed by atoms with van der Waals surface area (Å²) in [7, 11) is 5.52. The molecule has 0 aromatic heterocycles. The summed E-state index contributed by atoms with van der Waals surface area (Å²) in [6.07, 6.45) is 1.13. The van der Waals surface area contributed by atoms with Crippen LogP contribution in [0.3, 0.4) is 0 Å². The number of anilines is 1. The van der Waals surface area contributed by atoms with Crippen molar-refractivity contribution < 1.29 is 14.3 Å². The summed E-state index contributed by atoms with van der Waals surface area (Å²) in [5, 5.41) is 3.29. The average Bonchev–Trinajstić information content (AvgIpc) is 2.51. The van der Waals surface area contributed by atoms with Crippen LogP contribution in [0.2, 0.25) is 5.02 Å². The van der Waals surface area contributed by atoms with Gasteiger partial charge in [-0.25, -0.2) is 0 Å². The summed E-state index contributed by atoms with van der Waals surface area (Å²) in [4.78, 5) is 27.4. The highest BCUT2D eigenvalue weighted by Crippen LogP contribution is 2.29. The average molecular weight is 356 g/mol. The molecule has 2 amide bonds. The minimum absolute atomic E-state index is 0.0698. The number of carbonyl (C=O) groups is 2. The first-order chi connectivity index (χ1) is 11.3. The normalized spacial score (nSPS) is 10.6. The fourth-order valence-electron chi connectivity index (χ4n) is 2.22. The van der Waals surface area contributed by atoms with Gasteiger partial charge in [-0.2, -0.15) is 0 Å². The number of amides is 2. The lowest BCUT2D eigenvalue weighted by Crippen LogP contribution is -2.34. The van der Waals surface area contributed by atoms with Gasteiger partial charge < -0.3 is 19.9 Å². The van der Waals surface area contributed by atoms with Crippen LogP contribution >= 0.6 is 11.6 Å². The topological polar surface area (TPSA) is 61.9 Å². The second-order valence-corrected chi connectivity index (χ2v) is 6.15. The molecule has 1 aromatic rings. The van der Waals surface area contributed by atoms with Crippen molar-refractivity contribution in [3.8, 4) is 5.75 Å². The Balaban J connectivity index is 2.56. The molecule has 0 aliphatic heterocycles. The maximum atomic E-state index is 11.9. The Bertz CT molecular complexity index is 564. The van der Waals surface area contributed by atoms with Crippen molar-refractivity contribution in [2.45, 2.75) is 19.8 Å². The molecule has 6 nitrogen and oxygen atoms in total. The quantitative estimate of drug-likeness (QED) is 0.689. The van der Waals surface area contributed by atoms with E-state index in [1.807, 2.05) is 14.1 Å². The number of carbonyl (C=O) groups excluding carboxylic acids is 2. The number of ether oxygens (including phenoxy) is 1. The standard InChI is InChI=1S/C17H26ClN3O3/c1-13(22)21(14-6-7-16(24-4)15(18)12-14)11-8-17(23)19-9-5-10-20(2)3/h6-7,12H,5,8-11H2,1-4H3,(H,19,23). The van der Waals surface area contributed by atoms with E-state index in [-0.39, 0.29) is 18.2 Å². The van der Waals surface area contributed by atoms with Gasteiger partial charge in [-0.3, -0.25) is 9.59 Å². The molecule has 0 radical (unpaired) electrons. The Labute approximate surface area is 148 Å². The van der Waals surface area contributed by atoms with Gasteiger partial charge in [0, 0.05) is 32.1 Å². The molecule has 1 rings (SSSR count). The van der Waals surface area contributed by atoms with E-state index in [1.54, 1.807) is 18.2 Å². The third-order valence-corrected chi connectivity index (χ3v) is 3.79. The van der Waals surface area contributed by atoms with E-state index < -0.39 is 0 Å². The Hall–Kier alpha value is -1.79. The molecule has 0 fully saturated rings. The smallest absolute Gasteiger partial charge is 0.223 e. The fourth-order valence-corrected chi connectivity index (χ4v) is 2.47. The highest BCUT2D eigenvalue weighted by Gasteiger charge is 2.15. The zero-order valence-corrected chi connectivity index (χ0v) is 15.5. The first-order valence-electron chi connectivity index (χ1n) is 7.88. The lowest BCUT2D eigenvalue weighted by molar-refractivity contribution is -0.121. The molecule has 134 valence electrons. The first kappa shape index (κ1) is 20.3. The summed E-state index contributed by atoms with van der Waals surface area (Å²) >= 11 is 6.10. The van der Waals surface area contributed by atoms with Gasteiger partial charge in [-0.1, -0.05) is 11.6 Å². The number of benzene rings is 1. The molecule has 1 aromatic carbocycles. The van der Waals surface area contributed by atoms with Crippen LogP contribution in [-0.2, 0) is 9.59 Å². The van der Waals surface area contributed by atoms with Gasteiger partial charge in [-0.15, -0.1) is 0 Å². The van der Waals surface area contributed by atoms with E-state index in [1.165, 1.54) is 18.9 Å². The van der Waals surface area contributed by atoms with Crippen molar-refractivity contribution in [1.29, 1.82) is 0 Å². The van der Waals surface area contributed by atoms with Crippen molar-refractivity contribution >= 4 is 29.1 Å². The minimum Gasteiger partial charge on any atom is -0.495 e. The molecule has 0 aliphatic carbocycles. The predicted molar refractivity (Wildman–Crippen MR) is 96.8 cm³/mol. The third-order valence-electron chi connectivity index (χ3n) is 3.49. The van der Waals surface area contributed by atoms with E-state index in [0.717, 1.165) is 13.0 Å². The number of hydrogen-bond acceptors (Lipinski definition) is 4. The second kappa shape index (κ2) is 10.2. The Morgan fingerprint density at radius 2 is 1.96 bits per heavy atom. The molecule has 0 unspecified atom stereocenters. The van der Waals surface area contributed by atoms with Crippen LogP contribution in [0.5, 0.6) is 5.75 Å². The summed E-state index contributed by atoms with van der Waals surface area (Å²) in [6, 6.07) is 5.12. The van der Waals surface area contributed by atoms with Gasteiger partial charge in [-0.05, 0) is 45.3 Å². The monoisotopic (exact) mass is 355 g/mol. The highest BCUT2D eigenvalue weighted by atomic mass is 35.5. The number of methoxy groups -OCH3 is 1. The number of hydrogen-bond donors (Lipinski definition) is 1. The zero-order valence-electron chi connectivity index (χ0n) is 14.8. The lowest BCUT2D eigenvalue weighted by atomic mass is 10.2. The molecule has 24 heavy (non-hydrogen) atoms. The Kier molecular flexibility index (Phi) is 8.57. The lowest BCUT2D eigenvalue weighted by Gasteiger charge is -2.21. The molecule has 0 saturated heterocycles. The van der Waals surface area contributed by atoms with Crippen LogP contribution < -0.4 is 15.0 Å². The fraction of sp³-hybridized carbons (Fsp3) is 0.529. The summed E-state index contributed by atoms with van der Waals surface area (Å²) < 4.78 is 5.11. The van der Waals surface area contributed by atoms with E-state index >= 15 is 0 Å². The van der Waals surface area contributed by atoms with Gasteiger partial charge >= 0.3 is 0 Å². The van der Waals surface area contributed by atoms with Crippen LogP contribution in [0.4, 0.5) is 5.69 Å². The Morgan fingerprint density at radius 1 is 1.25 bits per heavy atom. The van der Waals surface area contributed by atoms with Gasteiger partial charge in [0.05, 0.1) is 12.1 Å². The van der Waals surface area contributed by atoms with Crippen LogP contribution in [-0.4, -0.2) is 57.6 Å². The van der Waals surface area contributed by atoms with Gasteiger partial charge in [0.1, 0.15) is 5.75 Å². The molecule has 7 heteroatoms. The van der Waals surface area contributed by atoms with Crippen molar-refractivity contribution in [3.05, 3.63) is 23.2 Å². The Morgan fingerprint density at radius 3 is 2.50 bits per heavy atom. The summed E-state index contributed by atoms with van der Waals surface area (Å²) in [5.74, 6) is 0.332. The molecule has 1 N–H and O–H groups in total. The molecular weight excluding hydrogens is 330 g/mol. The summed E-state index contributed by atoms with van der Waals surface area (Å²) in [6.45, 7) is 3.32. The van der Waals surface area contributed by atoms with E-state index in [2.05, 4.69) is 10.2 Å². The van der Waals surface area contributed by atoms with Crippen molar-refractivity contribution in [1.82, 2.24) is 10.2 Å². The maximum Gasteiger partial charge on any atom is 0.223 e. The van der Waals surface area contributed by atoms with Crippen LogP contribution in [0.15, 0.2) is 18.2 Å². The molecule has 0 saturated carbocycles. The number of nitrogens with zero attached hydrogens (tertiary/aromatic N) is 2. The number of nitrogens with one attached hydrogen (secondary N) is 1. The third kappa shape index (κ3) is 6.76. The van der Waals surface area contributed by atoms with E-state index in [9.17, 15) is 9.59 Å². The largest absolute Gasteiger partial charge is 0.495 e. The minimum atomic E-state index is -0.142. The first-order valence-corrected chi connectivity index (χ1v) is 8.26. The molecule has 0 spiro atoms. The highest BCUT2D eigenvalue weighted by molar-refractivity contribution is 6.32. The molecule has 0 bridgehead atoms. The van der Waals surface area contributed by atoms with Crippen LogP contribution in [0.1, 0.15) is 19.8 Å². The van der Waals surface area contributed by atoms with Gasteiger partial charge in [0.2, 0.25) is 11.8 Å². The van der Waals surface area contributed by atoms with E-state index in [0.29, 0.717) is 29.5 Å². The van der Waals surface area contributed by atoms with Crippen LogP contribution in [0.25, 0.3) is 0 Å². The van der Waals surface area contributed by atoms with Crippen molar-refractivity contribution in [2.75, 3.05) is 45.7 Å². The maximum absolute atomic E-state index is 11.9. The van der Waals surface area contributed by atoms with Crippen molar-refractivity contribution in [2.24, 2.45) is 0 Å². The van der Waals surface area contributed by atoms with Gasteiger partial charge in [0.15, 0.2) is 0 Å². The van der Waals surface area contributed by atoms with Crippen molar-refractivity contribution in [3.63, 3.8) is 0 Å². The van der Waals surface area contributed by atoms with Crippen LogP contribution in [0, 0.1) is 0 Å². The SMILES string of the molecule is COc1ccc(N(CCC(=O)NCCCN(C)C)C(C)=O)cc1Cl.